The van der Waals surface area contributed by atoms with Gasteiger partial charge in [0, 0.05) is 11.5 Å². The molecule has 6 nitrogen and oxygen atoms in total. The average Bonchev–Trinajstić information content (AvgIpc) is 3.30. The SMILES string of the molecule is Cc1ncc(SCC2=C(C(=O)OC(c3ccccc3)c3ccccc3)N3C(=O)C(N)C3SC2)s1. The van der Waals surface area contributed by atoms with Gasteiger partial charge < -0.3 is 10.5 Å². The van der Waals surface area contributed by atoms with E-state index in [1.807, 2.05) is 73.8 Å². The zero-order valence-electron chi connectivity index (χ0n) is 18.4. The lowest BCUT2D eigenvalue weighted by Gasteiger charge is -2.48. The molecule has 174 valence electrons. The molecule has 2 aromatic carbocycles. The Morgan fingerprint density at radius 1 is 1.18 bits per heavy atom. The number of nitrogens with zero attached hydrogens (tertiary/aromatic N) is 2. The molecule has 0 radical (unpaired) electrons. The van der Waals surface area contributed by atoms with Crippen LogP contribution in [-0.4, -0.2) is 44.7 Å². The molecule has 9 heteroatoms. The van der Waals surface area contributed by atoms with Crippen molar-refractivity contribution in [2.45, 2.75) is 28.7 Å². The van der Waals surface area contributed by atoms with Gasteiger partial charge >= 0.3 is 5.97 Å². The van der Waals surface area contributed by atoms with Crippen molar-refractivity contribution in [2.24, 2.45) is 5.73 Å². The van der Waals surface area contributed by atoms with Crippen LogP contribution in [0.5, 0.6) is 0 Å². The quantitative estimate of drug-likeness (QED) is 0.288. The summed E-state index contributed by atoms with van der Waals surface area (Å²) in [7, 11) is 0. The van der Waals surface area contributed by atoms with Gasteiger partial charge in [0.2, 0.25) is 5.91 Å². The molecule has 3 aromatic rings. The van der Waals surface area contributed by atoms with Gasteiger partial charge in [0.1, 0.15) is 17.1 Å². The minimum atomic E-state index is -0.592. The van der Waals surface area contributed by atoms with E-state index in [9.17, 15) is 9.59 Å². The first-order valence-corrected chi connectivity index (χ1v) is 13.7. The molecule has 0 saturated carbocycles. The second-order valence-corrected chi connectivity index (χ2v) is 11.6. The number of thioether (sulfide) groups is 2. The van der Waals surface area contributed by atoms with Crippen LogP contribution in [0.15, 0.2) is 82.3 Å². The summed E-state index contributed by atoms with van der Waals surface area (Å²) in [4.78, 5) is 32.2. The zero-order chi connectivity index (χ0) is 23.7. The molecule has 2 aliphatic rings. The largest absolute Gasteiger partial charge is 0.448 e. The van der Waals surface area contributed by atoms with E-state index in [-0.39, 0.29) is 11.3 Å². The standard InChI is InChI=1S/C25H23N3O3S3/c1-15-27-12-19(34-15)32-13-18-14-33-24-20(26)23(29)28(24)21(18)25(30)31-22(16-8-4-2-5-9-16)17-10-6-3-7-11-17/h2-12,20,22,24H,13-14,26H2,1H3. The van der Waals surface area contributed by atoms with Crippen LogP contribution < -0.4 is 5.73 Å². The van der Waals surface area contributed by atoms with Crippen LogP contribution >= 0.6 is 34.9 Å². The maximum Gasteiger partial charge on any atom is 0.356 e. The summed E-state index contributed by atoms with van der Waals surface area (Å²) in [6.45, 7) is 1.96. The molecule has 2 N–H and O–H groups in total. The summed E-state index contributed by atoms with van der Waals surface area (Å²) in [5.41, 5.74) is 8.98. The molecule has 1 aromatic heterocycles. The Hall–Kier alpha value is -2.59. The summed E-state index contributed by atoms with van der Waals surface area (Å²) in [5.74, 6) is 0.459. The van der Waals surface area contributed by atoms with Crippen LogP contribution in [0.4, 0.5) is 0 Å². The van der Waals surface area contributed by atoms with Gasteiger partial charge in [0.05, 0.1) is 15.4 Å². The average molecular weight is 510 g/mol. The Bertz CT molecular complexity index is 1190. The number of hydrogen-bond donors (Lipinski definition) is 1. The van der Waals surface area contributed by atoms with Gasteiger partial charge in [-0.3, -0.25) is 9.69 Å². The molecule has 34 heavy (non-hydrogen) atoms. The van der Waals surface area contributed by atoms with E-state index in [1.165, 1.54) is 4.90 Å². The normalized spacial score (nSPS) is 19.7. The van der Waals surface area contributed by atoms with Crippen molar-refractivity contribution in [3.63, 3.8) is 0 Å². The second-order valence-electron chi connectivity index (χ2n) is 7.98. The number of thiazole rings is 1. The number of aromatic nitrogens is 1. The minimum Gasteiger partial charge on any atom is -0.448 e. The lowest BCUT2D eigenvalue weighted by Crippen LogP contribution is -2.68. The maximum atomic E-state index is 13.7. The molecule has 2 aliphatic heterocycles. The Labute approximate surface area is 210 Å². The van der Waals surface area contributed by atoms with Gasteiger partial charge in [0.15, 0.2) is 6.10 Å². The van der Waals surface area contributed by atoms with Gasteiger partial charge in [-0.1, -0.05) is 60.7 Å². The van der Waals surface area contributed by atoms with Crippen molar-refractivity contribution in [3.05, 3.63) is 94.3 Å². The summed E-state index contributed by atoms with van der Waals surface area (Å²) in [6, 6.07) is 18.7. The van der Waals surface area contributed by atoms with E-state index in [1.54, 1.807) is 34.9 Å². The van der Waals surface area contributed by atoms with Crippen molar-refractivity contribution < 1.29 is 14.3 Å². The molecule has 1 saturated heterocycles. The third kappa shape index (κ3) is 4.53. The highest BCUT2D eigenvalue weighted by molar-refractivity contribution is 8.02. The summed E-state index contributed by atoms with van der Waals surface area (Å²) in [6.07, 6.45) is 1.26. The van der Waals surface area contributed by atoms with Crippen LogP contribution in [-0.2, 0) is 14.3 Å². The first-order chi connectivity index (χ1) is 16.5. The topological polar surface area (TPSA) is 85.5 Å². The summed E-state index contributed by atoms with van der Waals surface area (Å²) < 4.78 is 7.20. The fourth-order valence-corrected chi connectivity index (χ4v) is 7.37. The lowest BCUT2D eigenvalue weighted by molar-refractivity contribution is -0.153. The highest BCUT2D eigenvalue weighted by Gasteiger charge is 2.52. The number of hydrogen-bond acceptors (Lipinski definition) is 8. The Morgan fingerprint density at radius 2 is 1.82 bits per heavy atom. The van der Waals surface area contributed by atoms with E-state index in [0.29, 0.717) is 17.2 Å². The predicted molar refractivity (Wildman–Crippen MR) is 136 cm³/mol. The van der Waals surface area contributed by atoms with Crippen LogP contribution in [0.3, 0.4) is 0 Å². The van der Waals surface area contributed by atoms with E-state index in [2.05, 4.69) is 4.98 Å². The predicted octanol–water partition coefficient (Wildman–Crippen LogP) is 4.37. The van der Waals surface area contributed by atoms with Crippen LogP contribution in [0.25, 0.3) is 0 Å². The van der Waals surface area contributed by atoms with Crippen LogP contribution in [0.1, 0.15) is 22.2 Å². The monoisotopic (exact) mass is 509 g/mol. The van der Waals surface area contributed by atoms with Gasteiger partial charge in [-0.25, -0.2) is 9.78 Å². The van der Waals surface area contributed by atoms with Gasteiger partial charge in [-0.15, -0.1) is 34.9 Å². The fourth-order valence-electron chi connectivity index (χ4n) is 3.99. The number of carbonyl (C=O) groups is 2. The molecule has 2 unspecified atom stereocenters. The summed E-state index contributed by atoms with van der Waals surface area (Å²) in [5, 5.41) is 0.757. The third-order valence-corrected chi connectivity index (χ3v) is 9.25. The highest BCUT2D eigenvalue weighted by atomic mass is 32.2. The Kier molecular flexibility index (Phi) is 6.78. The smallest absolute Gasteiger partial charge is 0.356 e. The first kappa shape index (κ1) is 23.2. The number of fused-ring (bicyclic) bond motifs is 1. The van der Waals surface area contributed by atoms with Crippen molar-refractivity contribution in [1.82, 2.24) is 9.88 Å². The van der Waals surface area contributed by atoms with E-state index in [4.69, 9.17) is 10.5 Å². The third-order valence-electron chi connectivity index (χ3n) is 5.70. The number of esters is 1. The minimum absolute atomic E-state index is 0.235. The van der Waals surface area contributed by atoms with Crippen LogP contribution in [0, 0.1) is 6.92 Å². The van der Waals surface area contributed by atoms with Crippen molar-refractivity contribution >= 4 is 46.7 Å². The number of amides is 1. The molecule has 0 bridgehead atoms. The molecular formula is C25H23N3O3S3. The molecular weight excluding hydrogens is 486 g/mol. The van der Waals surface area contributed by atoms with E-state index < -0.39 is 18.1 Å². The van der Waals surface area contributed by atoms with Gasteiger partial charge in [-0.2, -0.15) is 0 Å². The van der Waals surface area contributed by atoms with Crippen LogP contribution in [0.2, 0.25) is 0 Å². The maximum absolute atomic E-state index is 13.7. The molecule has 3 heterocycles. The molecule has 2 atom stereocenters. The fraction of sp³-hybridized carbons (Fsp3) is 0.240. The van der Waals surface area contributed by atoms with Crippen molar-refractivity contribution in [1.29, 1.82) is 0 Å². The van der Waals surface area contributed by atoms with Crippen molar-refractivity contribution in [3.8, 4) is 0 Å². The second kappa shape index (κ2) is 9.95. The van der Waals surface area contributed by atoms with Crippen molar-refractivity contribution in [2.75, 3.05) is 11.5 Å². The molecule has 5 rings (SSSR count). The molecule has 1 amide bonds. The number of rotatable bonds is 7. The first-order valence-electron chi connectivity index (χ1n) is 10.8. The van der Waals surface area contributed by atoms with E-state index in [0.717, 1.165) is 25.9 Å². The molecule has 1 fully saturated rings. The molecule has 0 spiro atoms. The number of benzene rings is 2. The summed E-state index contributed by atoms with van der Waals surface area (Å²) >= 11 is 4.83. The zero-order valence-corrected chi connectivity index (χ0v) is 20.9. The number of ether oxygens (including phenoxy) is 1. The van der Waals surface area contributed by atoms with Gasteiger partial charge in [-0.05, 0) is 23.6 Å². The Balaban J connectivity index is 1.47. The lowest BCUT2D eigenvalue weighted by atomic mass is 10.0. The number of β-lactam (4-membered cyclic amide) rings is 1. The number of carbonyl (C=O) groups excluding carboxylic acids is 2. The van der Waals surface area contributed by atoms with E-state index >= 15 is 0 Å². The number of nitrogens with two attached hydrogens (primary N) is 1. The van der Waals surface area contributed by atoms with Gasteiger partial charge in [0.25, 0.3) is 0 Å². The molecule has 0 aliphatic carbocycles. The highest BCUT2D eigenvalue weighted by Crippen LogP contribution is 2.42. The Morgan fingerprint density at radius 3 is 2.41 bits per heavy atom. The number of aryl methyl sites for hydroxylation is 1.